The smallest absolute Gasteiger partial charge is 0.348 e. The molecule has 2 aromatic carbocycles. The van der Waals surface area contributed by atoms with Crippen LogP contribution in [0.3, 0.4) is 0 Å². The molecule has 0 aliphatic carbocycles. The van der Waals surface area contributed by atoms with Crippen molar-refractivity contribution in [2.45, 2.75) is 32.9 Å². The Hall–Kier alpha value is -3.16. The number of esters is 1. The Bertz CT molecular complexity index is 1380. The van der Waals surface area contributed by atoms with E-state index in [9.17, 15) is 9.59 Å². The van der Waals surface area contributed by atoms with Gasteiger partial charge in [-0.1, -0.05) is 48.0 Å². The van der Waals surface area contributed by atoms with Crippen LogP contribution in [0.4, 0.5) is 5.69 Å². The Morgan fingerprint density at radius 2 is 1.94 bits per heavy atom. The molecular weight excluding hydrogens is 458 g/mol. The highest BCUT2D eigenvalue weighted by Crippen LogP contribution is 2.32. The first-order chi connectivity index (χ1) is 15.9. The van der Waals surface area contributed by atoms with Crippen molar-refractivity contribution in [2.24, 2.45) is 0 Å². The number of fused-ring (bicyclic) bond motifs is 2. The van der Waals surface area contributed by atoms with Gasteiger partial charge in [-0.15, -0.1) is 11.3 Å². The molecule has 1 aliphatic rings. The Kier molecular flexibility index (Phi) is 5.68. The minimum Gasteiger partial charge on any atom is -0.451 e. The van der Waals surface area contributed by atoms with E-state index in [-0.39, 0.29) is 18.6 Å². The first kappa shape index (κ1) is 21.7. The normalized spacial score (nSPS) is 15.1. The van der Waals surface area contributed by atoms with Crippen LogP contribution in [0.25, 0.3) is 10.2 Å². The van der Waals surface area contributed by atoms with E-state index < -0.39 is 5.97 Å². The second kappa shape index (κ2) is 8.65. The highest BCUT2D eigenvalue weighted by molar-refractivity contribution is 7.20. The zero-order valence-electron chi connectivity index (χ0n) is 18.2. The second-order valence-electron chi connectivity index (χ2n) is 8.19. The summed E-state index contributed by atoms with van der Waals surface area (Å²) < 4.78 is 7.26. The van der Waals surface area contributed by atoms with Crippen molar-refractivity contribution in [1.29, 1.82) is 0 Å². The van der Waals surface area contributed by atoms with Gasteiger partial charge < -0.3 is 9.64 Å². The average Bonchev–Trinajstić information content (AvgIpc) is 3.46. The summed E-state index contributed by atoms with van der Waals surface area (Å²) in [6.07, 6.45) is 0.799. The van der Waals surface area contributed by atoms with Crippen molar-refractivity contribution in [3.63, 3.8) is 0 Å². The van der Waals surface area contributed by atoms with Crippen LogP contribution in [0.5, 0.6) is 0 Å². The van der Waals surface area contributed by atoms with Crippen molar-refractivity contribution < 1.29 is 14.3 Å². The zero-order chi connectivity index (χ0) is 23.1. The largest absolute Gasteiger partial charge is 0.451 e. The molecule has 1 atom stereocenters. The summed E-state index contributed by atoms with van der Waals surface area (Å²) in [5.74, 6) is -0.726. The molecule has 1 unspecified atom stereocenters. The van der Waals surface area contributed by atoms with Crippen molar-refractivity contribution >= 4 is 50.7 Å². The van der Waals surface area contributed by atoms with E-state index in [4.69, 9.17) is 16.3 Å². The Balaban J connectivity index is 1.31. The first-order valence-electron chi connectivity index (χ1n) is 10.7. The fourth-order valence-corrected chi connectivity index (χ4v) is 5.57. The number of carbonyl (C=O) groups excluding carboxylic acids is 2. The number of anilines is 1. The predicted octanol–water partition coefficient (Wildman–Crippen LogP) is 5.24. The van der Waals surface area contributed by atoms with Crippen LogP contribution in [0.2, 0.25) is 5.02 Å². The molecule has 0 saturated heterocycles. The molecule has 0 bridgehead atoms. The fourth-order valence-electron chi connectivity index (χ4n) is 4.32. The summed E-state index contributed by atoms with van der Waals surface area (Å²) in [5.41, 5.74) is 3.80. The molecule has 1 amide bonds. The van der Waals surface area contributed by atoms with Gasteiger partial charge in [0.15, 0.2) is 6.61 Å². The zero-order valence-corrected chi connectivity index (χ0v) is 19.8. The molecule has 0 fully saturated rings. The molecule has 0 N–H and O–H groups in total. The third-order valence-electron chi connectivity index (χ3n) is 5.89. The van der Waals surface area contributed by atoms with Crippen molar-refractivity contribution in [3.8, 4) is 0 Å². The maximum atomic E-state index is 12.8. The van der Waals surface area contributed by atoms with Crippen LogP contribution in [-0.4, -0.2) is 34.3 Å². The molecule has 8 heteroatoms. The molecule has 1 aliphatic heterocycles. The molecule has 168 valence electrons. The van der Waals surface area contributed by atoms with Crippen molar-refractivity contribution in [2.75, 3.05) is 11.5 Å². The Labute approximate surface area is 200 Å². The summed E-state index contributed by atoms with van der Waals surface area (Å²) in [6, 6.07) is 17.3. The Morgan fingerprint density at radius 1 is 1.18 bits per heavy atom. The lowest BCUT2D eigenvalue weighted by molar-refractivity contribution is -0.122. The summed E-state index contributed by atoms with van der Waals surface area (Å²) in [4.78, 5) is 28.6. The van der Waals surface area contributed by atoms with E-state index in [1.165, 1.54) is 11.3 Å². The van der Waals surface area contributed by atoms with E-state index in [0.717, 1.165) is 39.1 Å². The van der Waals surface area contributed by atoms with Gasteiger partial charge in [-0.25, -0.2) is 4.79 Å². The lowest BCUT2D eigenvalue weighted by atomic mass is 10.1. The predicted molar refractivity (Wildman–Crippen MR) is 130 cm³/mol. The van der Waals surface area contributed by atoms with Crippen LogP contribution in [0.15, 0.2) is 54.6 Å². The topological polar surface area (TPSA) is 64.4 Å². The van der Waals surface area contributed by atoms with Crippen LogP contribution >= 0.6 is 22.9 Å². The number of thiophene rings is 1. The van der Waals surface area contributed by atoms with Gasteiger partial charge in [-0.05, 0) is 49.6 Å². The molecular formula is C25H22ClN3O3S. The number of halogens is 1. The number of para-hydroxylation sites is 1. The highest BCUT2D eigenvalue weighted by Gasteiger charge is 2.31. The number of benzene rings is 2. The third-order valence-corrected chi connectivity index (χ3v) is 7.39. The lowest BCUT2D eigenvalue weighted by Gasteiger charge is -2.22. The number of hydrogen-bond donors (Lipinski definition) is 0. The standard InChI is InChI=1S/C25H22ClN3O3S/c1-15-11-17-7-4-6-10-21(17)29(15)23(30)14-32-25(31)22-12-19-16(2)27-28(24(19)33-22)13-18-8-3-5-9-20(18)26/h3-10,12,15H,11,13-14H2,1-2H3. The maximum absolute atomic E-state index is 12.8. The SMILES string of the molecule is Cc1nn(Cc2ccccc2Cl)c2sc(C(=O)OCC(=O)N3c4ccccc4CC3C)cc12. The number of ether oxygens (including phenoxy) is 1. The van der Waals surface area contributed by atoms with Gasteiger partial charge in [0, 0.05) is 22.1 Å². The molecule has 33 heavy (non-hydrogen) atoms. The van der Waals surface area contributed by atoms with Gasteiger partial charge in [0.05, 0.1) is 12.2 Å². The van der Waals surface area contributed by atoms with E-state index in [1.807, 2.05) is 67.1 Å². The highest BCUT2D eigenvalue weighted by atomic mass is 35.5. The van der Waals surface area contributed by atoms with Crippen LogP contribution in [0, 0.1) is 6.92 Å². The molecule has 0 radical (unpaired) electrons. The lowest BCUT2D eigenvalue weighted by Crippen LogP contribution is -2.38. The minimum atomic E-state index is -0.506. The summed E-state index contributed by atoms with van der Waals surface area (Å²) in [7, 11) is 0. The number of carbonyl (C=O) groups is 2. The number of nitrogens with zero attached hydrogens (tertiary/aromatic N) is 3. The number of amides is 1. The molecule has 3 heterocycles. The Morgan fingerprint density at radius 3 is 2.76 bits per heavy atom. The first-order valence-corrected chi connectivity index (χ1v) is 11.9. The third kappa shape index (κ3) is 4.03. The van der Waals surface area contributed by atoms with E-state index in [1.54, 1.807) is 11.0 Å². The number of aryl methyl sites for hydroxylation is 1. The van der Waals surface area contributed by atoms with Gasteiger partial charge in [-0.3, -0.25) is 9.48 Å². The number of hydrogen-bond acceptors (Lipinski definition) is 5. The van der Waals surface area contributed by atoms with Gasteiger partial charge in [0.1, 0.15) is 9.71 Å². The fraction of sp³-hybridized carbons (Fsp3) is 0.240. The number of rotatable bonds is 5. The van der Waals surface area contributed by atoms with Gasteiger partial charge in [0.2, 0.25) is 0 Å². The van der Waals surface area contributed by atoms with Crippen molar-refractivity contribution in [3.05, 3.63) is 81.3 Å². The van der Waals surface area contributed by atoms with Gasteiger partial charge in [0.25, 0.3) is 5.91 Å². The molecule has 0 spiro atoms. The summed E-state index contributed by atoms with van der Waals surface area (Å²) in [5, 5.41) is 6.17. The summed E-state index contributed by atoms with van der Waals surface area (Å²) in [6.45, 7) is 4.11. The minimum absolute atomic E-state index is 0.0383. The van der Waals surface area contributed by atoms with E-state index in [2.05, 4.69) is 5.10 Å². The van der Waals surface area contributed by atoms with E-state index in [0.29, 0.717) is 16.4 Å². The average molecular weight is 480 g/mol. The van der Waals surface area contributed by atoms with Crippen molar-refractivity contribution in [1.82, 2.24) is 9.78 Å². The van der Waals surface area contributed by atoms with Crippen LogP contribution in [0.1, 0.15) is 33.4 Å². The van der Waals surface area contributed by atoms with Crippen LogP contribution < -0.4 is 4.90 Å². The molecule has 4 aromatic rings. The molecule has 0 saturated carbocycles. The maximum Gasteiger partial charge on any atom is 0.348 e. The van der Waals surface area contributed by atoms with Gasteiger partial charge >= 0.3 is 5.97 Å². The monoisotopic (exact) mass is 479 g/mol. The molecule has 2 aromatic heterocycles. The summed E-state index contributed by atoms with van der Waals surface area (Å²) >= 11 is 7.62. The van der Waals surface area contributed by atoms with Crippen LogP contribution in [-0.2, 0) is 22.5 Å². The van der Waals surface area contributed by atoms with Gasteiger partial charge in [-0.2, -0.15) is 5.10 Å². The number of aromatic nitrogens is 2. The van der Waals surface area contributed by atoms with E-state index >= 15 is 0 Å². The molecule has 5 rings (SSSR count). The molecule has 6 nitrogen and oxygen atoms in total. The quantitative estimate of drug-likeness (QED) is 0.367. The second-order valence-corrected chi connectivity index (χ2v) is 9.62.